The fourth-order valence-corrected chi connectivity index (χ4v) is 4.02. The van der Waals surface area contributed by atoms with Crippen LogP contribution < -0.4 is 10.6 Å². The van der Waals surface area contributed by atoms with Crippen molar-refractivity contribution in [2.24, 2.45) is 0 Å². The number of alkyl halides is 3. The maximum absolute atomic E-state index is 12.8. The molecule has 0 aliphatic heterocycles. The van der Waals surface area contributed by atoms with Gasteiger partial charge >= 0.3 is 6.18 Å². The number of benzene rings is 1. The first-order valence-corrected chi connectivity index (χ1v) is 10.6. The van der Waals surface area contributed by atoms with Crippen LogP contribution in [0.2, 0.25) is 0 Å². The van der Waals surface area contributed by atoms with Crippen LogP contribution in [0.1, 0.15) is 26.3 Å². The van der Waals surface area contributed by atoms with Crippen molar-refractivity contribution in [2.45, 2.75) is 37.6 Å². The van der Waals surface area contributed by atoms with Crippen molar-refractivity contribution in [3.63, 3.8) is 0 Å². The highest BCUT2D eigenvalue weighted by Gasteiger charge is 2.30. The molecule has 3 aromatic heterocycles. The summed E-state index contributed by atoms with van der Waals surface area (Å²) in [6.45, 7) is 0. The number of fused-ring (bicyclic) bond motifs is 1. The van der Waals surface area contributed by atoms with Crippen LogP contribution in [0.15, 0.2) is 60.8 Å². The molecule has 0 radical (unpaired) electrons. The van der Waals surface area contributed by atoms with Gasteiger partial charge in [-0.05, 0) is 67.8 Å². The predicted octanol–water partition coefficient (Wildman–Crippen LogP) is 5.13. The molecule has 1 saturated carbocycles. The van der Waals surface area contributed by atoms with Crippen LogP contribution in [0.4, 0.5) is 30.6 Å². The highest BCUT2D eigenvalue weighted by atomic mass is 19.4. The molecule has 1 aromatic carbocycles. The van der Waals surface area contributed by atoms with Crippen LogP contribution in [0.25, 0.3) is 16.9 Å². The summed E-state index contributed by atoms with van der Waals surface area (Å²) in [5, 5.41) is 20.8. The molecule has 3 N–H and O–H groups in total. The fraction of sp³-hybridized carbons (Fsp3) is 0.261. The molecule has 5 rings (SSSR count). The molecule has 0 saturated heterocycles. The van der Waals surface area contributed by atoms with E-state index in [1.165, 1.54) is 12.1 Å². The number of aromatic nitrogens is 4. The number of aliphatic hydroxyl groups is 1. The molecule has 3 heterocycles. The Morgan fingerprint density at radius 1 is 1.06 bits per heavy atom. The summed E-state index contributed by atoms with van der Waals surface area (Å²) in [5.41, 5.74) is 1.95. The zero-order valence-electron chi connectivity index (χ0n) is 17.4. The second kappa shape index (κ2) is 8.36. The van der Waals surface area contributed by atoms with Gasteiger partial charge in [0, 0.05) is 18.9 Å². The van der Waals surface area contributed by atoms with Crippen molar-refractivity contribution in [3.8, 4) is 11.3 Å². The van der Waals surface area contributed by atoms with Gasteiger partial charge < -0.3 is 15.7 Å². The number of rotatable bonds is 5. The largest absolute Gasteiger partial charge is 0.416 e. The minimum atomic E-state index is -4.39. The van der Waals surface area contributed by atoms with Crippen molar-refractivity contribution in [1.82, 2.24) is 19.6 Å². The number of aliphatic hydroxyl groups excluding tert-OH is 1. The topological polar surface area (TPSA) is 87.4 Å². The van der Waals surface area contributed by atoms with E-state index in [2.05, 4.69) is 25.7 Å². The first kappa shape index (κ1) is 21.2. The SMILES string of the molecule is O[C@@H]1CCC[C@H]1Nc1cc(-c2cccc3nc(Nc4ccc(C(F)(F)F)cc4)nn23)ccn1.[HH]. The highest BCUT2D eigenvalue weighted by Crippen LogP contribution is 2.30. The number of hydrogen-bond donors (Lipinski definition) is 3. The molecule has 1 aliphatic rings. The zero-order valence-corrected chi connectivity index (χ0v) is 17.4. The average Bonchev–Trinajstić information content (AvgIpc) is 3.39. The van der Waals surface area contributed by atoms with E-state index in [9.17, 15) is 18.3 Å². The summed E-state index contributed by atoms with van der Waals surface area (Å²) in [7, 11) is 0. The average molecular weight is 456 g/mol. The van der Waals surface area contributed by atoms with E-state index in [1.807, 2.05) is 24.3 Å². The van der Waals surface area contributed by atoms with E-state index in [-0.39, 0.29) is 19.5 Å². The van der Waals surface area contributed by atoms with Gasteiger partial charge in [0.1, 0.15) is 5.82 Å². The van der Waals surface area contributed by atoms with Gasteiger partial charge in [-0.1, -0.05) is 6.07 Å². The molecule has 4 aromatic rings. The van der Waals surface area contributed by atoms with Crippen LogP contribution in [-0.4, -0.2) is 36.8 Å². The summed E-state index contributed by atoms with van der Waals surface area (Å²) in [6, 6.07) is 14.0. The zero-order chi connectivity index (χ0) is 23.0. The van der Waals surface area contributed by atoms with Crippen molar-refractivity contribution >= 4 is 23.1 Å². The van der Waals surface area contributed by atoms with Crippen LogP contribution in [0.3, 0.4) is 0 Å². The molecule has 0 bridgehead atoms. The molecule has 2 atom stereocenters. The van der Waals surface area contributed by atoms with Gasteiger partial charge in [-0.2, -0.15) is 18.2 Å². The van der Waals surface area contributed by atoms with E-state index >= 15 is 0 Å². The van der Waals surface area contributed by atoms with Crippen molar-refractivity contribution in [3.05, 3.63) is 66.4 Å². The summed E-state index contributed by atoms with van der Waals surface area (Å²) >= 11 is 0. The van der Waals surface area contributed by atoms with Gasteiger partial charge in [0.15, 0.2) is 5.65 Å². The molecular formula is C23H23F3N6O. The minimum absolute atomic E-state index is 0. The Bertz CT molecular complexity index is 1280. The molecule has 7 nitrogen and oxygen atoms in total. The van der Waals surface area contributed by atoms with Crippen molar-refractivity contribution in [2.75, 3.05) is 10.6 Å². The smallest absolute Gasteiger partial charge is 0.391 e. The minimum Gasteiger partial charge on any atom is -0.391 e. The van der Waals surface area contributed by atoms with Gasteiger partial charge in [-0.15, -0.1) is 5.10 Å². The maximum atomic E-state index is 12.8. The molecule has 0 amide bonds. The molecule has 1 fully saturated rings. The van der Waals surface area contributed by atoms with Crippen molar-refractivity contribution < 1.29 is 19.7 Å². The molecule has 0 spiro atoms. The van der Waals surface area contributed by atoms with Gasteiger partial charge in [0.2, 0.25) is 5.95 Å². The lowest BCUT2D eigenvalue weighted by atomic mass is 10.1. The molecule has 172 valence electrons. The van der Waals surface area contributed by atoms with E-state index < -0.39 is 11.7 Å². The van der Waals surface area contributed by atoms with E-state index in [1.54, 1.807) is 16.8 Å². The first-order valence-electron chi connectivity index (χ1n) is 10.6. The lowest BCUT2D eigenvalue weighted by Crippen LogP contribution is -2.28. The summed E-state index contributed by atoms with van der Waals surface area (Å²) < 4.78 is 40.0. The second-order valence-electron chi connectivity index (χ2n) is 8.00. The Hall–Kier alpha value is -3.66. The standard InChI is InChI=1S/C23H21F3N6O.H2/c24-23(25,26)15-7-9-16(10-8-15)28-22-30-21-6-2-4-18(32(21)31-22)14-11-12-27-20(13-14)29-17-3-1-5-19(17)33;/h2,4,6-13,17,19,33H,1,3,5H2,(H,27,29)(H,28,31);1H/t17-,19-;/m1./s1. The Morgan fingerprint density at radius 3 is 2.61 bits per heavy atom. The molecule has 1 aliphatic carbocycles. The molecular weight excluding hydrogens is 433 g/mol. The van der Waals surface area contributed by atoms with E-state index in [4.69, 9.17) is 0 Å². The van der Waals surface area contributed by atoms with E-state index in [0.717, 1.165) is 42.7 Å². The first-order chi connectivity index (χ1) is 15.9. The lowest BCUT2D eigenvalue weighted by molar-refractivity contribution is -0.137. The monoisotopic (exact) mass is 456 g/mol. The Morgan fingerprint density at radius 2 is 1.88 bits per heavy atom. The molecule has 0 unspecified atom stereocenters. The Labute approximate surface area is 188 Å². The van der Waals surface area contributed by atoms with Gasteiger partial charge in [-0.3, -0.25) is 0 Å². The number of nitrogens with zero attached hydrogens (tertiary/aromatic N) is 4. The third-order valence-electron chi connectivity index (χ3n) is 5.70. The molecule has 33 heavy (non-hydrogen) atoms. The Kier molecular flexibility index (Phi) is 5.37. The van der Waals surface area contributed by atoms with Gasteiger partial charge in [-0.25, -0.2) is 9.50 Å². The van der Waals surface area contributed by atoms with Gasteiger partial charge in [0.25, 0.3) is 0 Å². The van der Waals surface area contributed by atoms with Crippen molar-refractivity contribution in [1.29, 1.82) is 0 Å². The predicted molar refractivity (Wildman–Crippen MR) is 120 cm³/mol. The number of anilines is 3. The third kappa shape index (κ3) is 4.47. The van der Waals surface area contributed by atoms with Gasteiger partial charge in [0.05, 0.1) is 23.4 Å². The second-order valence-corrected chi connectivity index (χ2v) is 8.00. The normalized spacial score (nSPS) is 18.5. The van der Waals surface area contributed by atoms with Crippen LogP contribution in [0.5, 0.6) is 0 Å². The number of nitrogens with one attached hydrogen (secondary N) is 2. The number of hydrogen-bond acceptors (Lipinski definition) is 6. The van der Waals surface area contributed by atoms with Crippen LogP contribution in [0, 0.1) is 0 Å². The van der Waals surface area contributed by atoms with E-state index in [0.29, 0.717) is 17.2 Å². The third-order valence-corrected chi connectivity index (χ3v) is 5.70. The summed E-state index contributed by atoms with van der Waals surface area (Å²) in [5.74, 6) is 0.933. The number of pyridine rings is 2. The summed E-state index contributed by atoms with van der Waals surface area (Å²) in [4.78, 5) is 8.80. The lowest BCUT2D eigenvalue weighted by Gasteiger charge is -2.17. The number of halogens is 3. The Balaban J connectivity index is 0.00000274. The summed E-state index contributed by atoms with van der Waals surface area (Å²) in [6.07, 6.45) is -0.424. The van der Waals surface area contributed by atoms with Crippen LogP contribution in [-0.2, 0) is 6.18 Å². The fourth-order valence-electron chi connectivity index (χ4n) is 4.02. The molecule has 10 heteroatoms. The van der Waals surface area contributed by atoms with Crippen LogP contribution >= 0.6 is 0 Å². The highest BCUT2D eigenvalue weighted by molar-refractivity contribution is 5.67. The maximum Gasteiger partial charge on any atom is 0.416 e. The quantitative estimate of drug-likeness (QED) is 0.386.